The normalized spacial score (nSPS) is 14.1. The highest BCUT2D eigenvalue weighted by Crippen LogP contribution is 2.37. The molecule has 6 nitrogen and oxygen atoms in total. The smallest absolute Gasteiger partial charge is 0.363 e. The van der Waals surface area contributed by atoms with Crippen LogP contribution < -0.4 is 9.47 Å². The second-order valence-electron chi connectivity index (χ2n) is 7.98. The van der Waals surface area contributed by atoms with Crippen LogP contribution in [0.5, 0.6) is 11.5 Å². The lowest BCUT2D eigenvalue weighted by Gasteiger charge is -2.11. The molecule has 5 rings (SSSR count). The van der Waals surface area contributed by atoms with Gasteiger partial charge in [-0.1, -0.05) is 53.6 Å². The number of hydrogen-bond acceptors (Lipinski definition) is 7. The molecule has 0 atom stereocenters. The molecule has 3 aromatic carbocycles. The minimum Gasteiger partial charge on any atom is -0.490 e. The van der Waals surface area contributed by atoms with Crippen molar-refractivity contribution < 1.29 is 23.8 Å². The number of rotatable bonds is 6. The summed E-state index contributed by atoms with van der Waals surface area (Å²) in [7, 11) is 0. The molecule has 0 saturated heterocycles. The molecule has 2 heterocycles. The minimum atomic E-state index is -0.577. The molecular formula is C28H20ClNO5S. The Kier molecular flexibility index (Phi) is 6.59. The quantitative estimate of drug-likeness (QED) is 0.159. The molecule has 0 saturated carbocycles. The Balaban J connectivity index is 1.43. The van der Waals surface area contributed by atoms with Gasteiger partial charge in [-0.15, -0.1) is 11.3 Å². The predicted octanol–water partition coefficient (Wildman–Crippen LogP) is 6.83. The average Bonchev–Trinajstić information content (AvgIpc) is 3.40. The average molecular weight is 518 g/mol. The zero-order valence-electron chi connectivity index (χ0n) is 19.4. The van der Waals surface area contributed by atoms with Crippen LogP contribution in [0.2, 0.25) is 5.02 Å². The number of nitrogens with zero attached hydrogens (tertiary/aromatic N) is 1. The SMILES string of the molecule is CCOc1cc(/C=C2/N=C(c3sc4ccccc4c3Cl)OC2=O)ccc1OC(=O)c1cccc(C)c1. The number of carbonyl (C=O) groups is 2. The molecule has 0 aliphatic carbocycles. The third-order valence-corrected chi connectivity index (χ3v) is 7.04. The number of aliphatic imine (C=N–C) groups is 1. The molecule has 1 aliphatic heterocycles. The maximum Gasteiger partial charge on any atom is 0.363 e. The van der Waals surface area contributed by atoms with Crippen molar-refractivity contribution in [3.05, 3.63) is 99.0 Å². The van der Waals surface area contributed by atoms with E-state index < -0.39 is 11.9 Å². The fourth-order valence-corrected chi connectivity index (χ4v) is 5.15. The van der Waals surface area contributed by atoms with E-state index in [9.17, 15) is 9.59 Å². The van der Waals surface area contributed by atoms with Gasteiger partial charge in [-0.25, -0.2) is 14.6 Å². The minimum absolute atomic E-state index is 0.130. The number of fused-ring (bicyclic) bond motifs is 1. The van der Waals surface area contributed by atoms with E-state index in [1.165, 1.54) is 11.3 Å². The van der Waals surface area contributed by atoms with Gasteiger partial charge in [0.15, 0.2) is 17.2 Å². The highest BCUT2D eigenvalue weighted by Gasteiger charge is 2.28. The van der Waals surface area contributed by atoms with Crippen molar-refractivity contribution in [3.63, 3.8) is 0 Å². The molecular weight excluding hydrogens is 498 g/mol. The van der Waals surface area contributed by atoms with E-state index >= 15 is 0 Å². The number of benzene rings is 3. The maximum atomic E-state index is 12.6. The molecule has 180 valence electrons. The summed E-state index contributed by atoms with van der Waals surface area (Å²) in [5, 5.41) is 1.38. The summed E-state index contributed by atoms with van der Waals surface area (Å²) < 4.78 is 17.7. The molecule has 1 aliphatic rings. The predicted molar refractivity (Wildman–Crippen MR) is 141 cm³/mol. The van der Waals surface area contributed by atoms with Crippen LogP contribution in [-0.4, -0.2) is 24.4 Å². The molecule has 0 amide bonds. The van der Waals surface area contributed by atoms with Gasteiger partial charge in [0.25, 0.3) is 0 Å². The summed E-state index contributed by atoms with van der Waals surface area (Å²) in [5.74, 6) is -0.242. The Morgan fingerprint density at radius 2 is 1.92 bits per heavy atom. The van der Waals surface area contributed by atoms with Crippen molar-refractivity contribution in [2.24, 2.45) is 4.99 Å². The van der Waals surface area contributed by atoms with Crippen LogP contribution in [0.15, 0.2) is 77.4 Å². The molecule has 1 aromatic heterocycles. The van der Waals surface area contributed by atoms with Crippen molar-refractivity contribution in [3.8, 4) is 11.5 Å². The lowest BCUT2D eigenvalue weighted by Crippen LogP contribution is -2.10. The van der Waals surface area contributed by atoms with Gasteiger partial charge in [0, 0.05) is 10.1 Å². The van der Waals surface area contributed by atoms with Crippen molar-refractivity contribution in [2.75, 3.05) is 6.61 Å². The Morgan fingerprint density at radius 1 is 1.08 bits per heavy atom. The molecule has 0 fully saturated rings. The monoisotopic (exact) mass is 517 g/mol. The summed E-state index contributed by atoms with van der Waals surface area (Å²) in [6, 6.07) is 19.8. The van der Waals surface area contributed by atoms with Gasteiger partial charge in [0.2, 0.25) is 5.90 Å². The van der Waals surface area contributed by atoms with Crippen LogP contribution in [0.3, 0.4) is 0 Å². The fraction of sp³-hybridized carbons (Fsp3) is 0.107. The first-order valence-corrected chi connectivity index (χ1v) is 12.4. The lowest BCUT2D eigenvalue weighted by atomic mass is 10.1. The summed E-state index contributed by atoms with van der Waals surface area (Å²) in [4.78, 5) is 30.2. The van der Waals surface area contributed by atoms with Crippen LogP contribution in [0, 0.1) is 6.92 Å². The Morgan fingerprint density at radius 3 is 2.69 bits per heavy atom. The molecule has 36 heavy (non-hydrogen) atoms. The van der Waals surface area contributed by atoms with Gasteiger partial charge in [0.1, 0.15) is 4.88 Å². The first-order valence-electron chi connectivity index (χ1n) is 11.2. The van der Waals surface area contributed by atoms with Crippen LogP contribution in [-0.2, 0) is 9.53 Å². The summed E-state index contributed by atoms with van der Waals surface area (Å²) >= 11 is 7.93. The number of ether oxygens (including phenoxy) is 3. The molecule has 0 unspecified atom stereocenters. The highest BCUT2D eigenvalue weighted by atomic mass is 35.5. The Bertz CT molecular complexity index is 1570. The maximum absolute atomic E-state index is 12.6. The van der Waals surface area contributed by atoms with E-state index in [0.29, 0.717) is 33.4 Å². The van der Waals surface area contributed by atoms with Crippen molar-refractivity contribution in [1.82, 2.24) is 0 Å². The number of halogens is 1. The van der Waals surface area contributed by atoms with E-state index in [1.54, 1.807) is 42.5 Å². The third kappa shape index (κ3) is 4.76. The number of esters is 2. The second-order valence-corrected chi connectivity index (χ2v) is 9.41. The number of thiophene rings is 1. The molecule has 0 bridgehead atoms. The van der Waals surface area contributed by atoms with E-state index in [1.807, 2.05) is 44.2 Å². The van der Waals surface area contributed by atoms with Gasteiger partial charge < -0.3 is 14.2 Å². The van der Waals surface area contributed by atoms with Gasteiger partial charge in [0.05, 0.1) is 17.2 Å². The lowest BCUT2D eigenvalue weighted by molar-refractivity contribution is -0.129. The van der Waals surface area contributed by atoms with Gasteiger partial charge in [-0.05, 0) is 55.8 Å². The number of aryl methyl sites for hydroxylation is 1. The first-order chi connectivity index (χ1) is 17.4. The van der Waals surface area contributed by atoms with E-state index in [4.69, 9.17) is 25.8 Å². The molecule has 0 radical (unpaired) electrons. The zero-order valence-corrected chi connectivity index (χ0v) is 21.0. The zero-order chi connectivity index (χ0) is 25.2. The largest absolute Gasteiger partial charge is 0.490 e. The van der Waals surface area contributed by atoms with Gasteiger partial charge in [-0.3, -0.25) is 0 Å². The molecule has 0 N–H and O–H groups in total. The fourth-order valence-electron chi connectivity index (χ4n) is 3.71. The van der Waals surface area contributed by atoms with Crippen LogP contribution in [0.1, 0.15) is 33.3 Å². The Hall–Kier alpha value is -3.94. The summed E-state index contributed by atoms with van der Waals surface area (Å²) in [5.41, 5.74) is 2.16. The molecule has 8 heteroatoms. The number of hydrogen-bond donors (Lipinski definition) is 0. The van der Waals surface area contributed by atoms with Gasteiger partial charge in [-0.2, -0.15) is 0 Å². The van der Waals surface area contributed by atoms with Crippen LogP contribution >= 0.6 is 22.9 Å². The van der Waals surface area contributed by atoms with Crippen molar-refractivity contribution >= 4 is 56.9 Å². The first kappa shape index (κ1) is 23.8. The number of carbonyl (C=O) groups excluding carboxylic acids is 2. The van der Waals surface area contributed by atoms with Gasteiger partial charge >= 0.3 is 11.9 Å². The third-order valence-electron chi connectivity index (χ3n) is 5.38. The van der Waals surface area contributed by atoms with E-state index in [-0.39, 0.29) is 17.3 Å². The summed E-state index contributed by atoms with van der Waals surface area (Å²) in [6.45, 7) is 4.10. The van der Waals surface area contributed by atoms with Crippen molar-refractivity contribution in [1.29, 1.82) is 0 Å². The van der Waals surface area contributed by atoms with Crippen LogP contribution in [0.25, 0.3) is 16.2 Å². The van der Waals surface area contributed by atoms with Crippen molar-refractivity contribution in [2.45, 2.75) is 13.8 Å². The highest BCUT2D eigenvalue weighted by molar-refractivity contribution is 7.21. The molecule has 0 spiro atoms. The van der Waals surface area contributed by atoms with E-state index in [0.717, 1.165) is 15.6 Å². The number of cyclic esters (lactones) is 1. The summed E-state index contributed by atoms with van der Waals surface area (Å²) in [6.07, 6.45) is 1.59. The standard InChI is InChI=1S/C28H20ClNO5S/c1-3-33-22-15-17(11-12-21(22)34-27(31)18-8-6-7-16(2)13-18)14-20-28(32)35-26(30-20)25-24(29)19-9-4-5-10-23(19)36-25/h4-15H,3H2,1-2H3/b20-14+. The van der Waals surface area contributed by atoms with Crippen LogP contribution in [0.4, 0.5) is 0 Å². The molecule has 4 aromatic rings. The Labute approximate surface area is 216 Å². The topological polar surface area (TPSA) is 74.2 Å². The second kappa shape index (κ2) is 9.97. The van der Waals surface area contributed by atoms with E-state index in [2.05, 4.69) is 4.99 Å².